The Balaban J connectivity index is 0.000000421. The van der Waals surface area contributed by atoms with E-state index in [1.807, 2.05) is 38.4 Å². The second-order valence-electron chi connectivity index (χ2n) is 32.8. The van der Waals surface area contributed by atoms with Crippen LogP contribution >= 0.6 is 0 Å². The maximum Gasteiger partial charge on any atom is 0.407 e. The van der Waals surface area contributed by atoms with Gasteiger partial charge in [-0.25, -0.2) is 9.59 Å². The number of alkyl carbamates (subject to hydrolysis) is 2. The summed E-state index contributed by atoms with van der Waals surface area (Å²) in [4.78, 5) is 84.1. The molecule has 5 N–H and O–H groups in total. The van der Waals surface area contributed by atoms with Gasteiger partial charge >= 0.3 is 30.1 Å². The Kier molecular flexibility index (Phi) is 43.6. The summed E-state index contributed by atoms with van der Waals surface area (Å²) in [6, 6.07) is 27.8. The number of halogens is 22. The molecule has 4 fully saturated rings. The number of carbonyl (C=O) groups excluding carboxylic acids is 5. The van der Waals surface area contributed by atoms with E-state index in [-0.39, 0.29) is 71.3 Å². The highest BCUT2D eigenvalue weighted by Crippen LogP contribution is 2.70. The Hall–Kier alpha value is -11.5. The van der Waals surface area contributed by atoms with E-state index >= 15 is 4.79 Å². The summed E-state index contributed by atoms with van der Waals surface area (Å²) in [6.07, 6.45) is 12.1. The topological polar surface area (TPSA) is 283 Å². The first-order valence-electron chi connectivity index (χ1n) is 41.3. The number of para-hydroxylation sites is 1. The molecule has 6 aromatic rings. The maximum atomic E-state index is 15.5. The predicted molar refractivity (Wildman–Crippen MR) is 449 cm³/mol. The Labute approximate surface area is 766 Å². The number of anilines is 2. The summed E-state index contributed by atoms with van der Waals surface area (Å²) >= 11 is 0. The van der Waals surface area contributed by atoms with Gasteiger partial charge in [0.2, 0.25) is 13.6 Å². The van der Waals surface area contributed by atoms with Crippen molar-refractivity contribution in [1.82, 2.24) is 30.3 Å². The van der Waals surface area contributed by atoms with Crippen LogP contribution in [0.3, 0.4) is 0 Å². The van der Waals surface area contributed by atoms with Gasteiger partial charge in [0.15, 0.2) is 23.0 Å². The smallest absolute Gasteiger partial charge is 0.407 e. The fraction of sp³-hybridized carbons (Fsp3) is 0.511. The number of aliphatic hydroxyl groups is 2. The summed E-state index contributed by atoms with van der Waals surface area (Å²) in [7, 11) is 8.69. The molecule has 1 unspecified atom stereocenters. The molecule has 2 saturated heterocycles. The van der Waals surface area contributed by atoms with Crippen LogP contribution in [0.5, 0.6) is 34.5 Å². The molecule has 2 amide bonds. The molecule has 48 heteroatoms. The van der Waals surface area contributed by atoms with Gasteiger partial charge < -0.3 is 87.7 Å². The predicted octanol–water partition coefficient (Wildman–Crippen LogP) is 19.3. The number of esters is 3. The van der Waals surface area contributed by atoms with Crippen LogP contribution < -0.4 is 48.9 Å². The fourth-order valence-corrected chi connectivity index (χ4v) is 23.5. The molecule has 11 heterocycles. The zero-order valence-electron chi connectivity index (χ0n) is 74.2. The van der Waals surface area contributed by atoms with E-state index in [1.54, 1.807) is 50.6 Å². The first-order chi connectivity index (χ1) is 65.5. The Morgan fingerprint density at radius 2 is 1.00 bits per heavy atom. The van der Waals surface area contributed by atoms with Gasteiger partial charge in [-0.2, -0.15) is 0 Å². The van der Waals surface area contributed by atoms with E-state index in [1.165, 1.54) is 26.5 Å². The average Bonchev–Trinajstić information content (AvgIpc) is 1.48. The second kappa shape index (κ2) is 51.6. The van der Waals surface area contributed by atoms with Crippen molar-refractivity contribution in [3.05, 3.63) is 166 Å². The highest BCUT2D eigenvalue weighted by atomic mass is 20.0. The number of amides is 2. The largest absolute Gasteiger partial charge is 0.497 e. The lowest BCUT2D eigenvalue weighted by Crippen LogP contribution is -2.81. The maximum absolute atomic E-state index is 15.5. The highest BCUT2D eigenvalue weighted by molar-refractivity contribution is 5.94. The molecular weight excluding hydrogens is 1870 g/mol. The van der Waals surface area contributed by atoms with Crippen molar-refractivity contribution in [3.8, 4) is 34.5 Å². The molecule has 15 atom stereocenters. The molecule has 136 heavy (non-hydrogen) atoms. The van der Waals surface area contributed by atoms with E-state index < -0.39 is 86.7 Å². The third kappa shape index (κ3) is 20.6. The van der Waals surface area contributed by atoms with Crippen LogP contribution in [0, 0.1) is 16.7 Å². The minimum Gasteiger partial charge on any atom is -0.497 e. The van der Waals surface area contributed by atoms with Crippen molar-refractivity contribution in [3.63, 3.8) is 0 Å². The van der Waals surface area contributed by atoms with Crippen LogP contribution in [0.2, 0.25) is 0 Å². The van der Waals surface area contributed by atoms with E-state index in [0.717, 1.165) is 108 Å². The molecule has 2 spiro atoms. The number of aromatic nitrogens is 1. The van der Waals surface area contributed by atoms with Gasteiger partial charge in [0.25, 0.3) is 0 Å². The van der Waals surface area contributed by atoms with Crippen LogP contribution in [0.15, 0.2) is 127 Å². The average molecular weight is 1980 g/mol. The minimum absolute atomic E-state index is 0. The zero-order chi connectivity index (χ0) is 101. The standard InChI is InChI=1S/C54H63N5O10.C33H39N3O8.CH4.11F2/c1-7-33-22-35-26-53(49(61)65-6,45-37(16-20-58(27-33)28-35)36-12-9-10-13-40(36)56-45)39-24-38-41(25-43(39)64-5)57(4)47-52(38)18-21-59-19-11-17-51(8-2,46(52)59)48(69-32(3)60)54(47,63)30-55-50(62)66-29-34-14-15-42-44(23-34)68-31-67-42;1-5-31-11-6-13-36-14-12-32(27(31)36)23-9-8-22(40-4)16-24(23)35(3)28(32)33(39,29(31)44-20(2)37)18-34-30(38)41-17-21-7-10-25-26(15-21)43-19-42-25;;11*1-2/h9-15,17,22-25,35,46-48,56,63H,7-8,16,18-21,26-31H2,1-6H3,(H,55,62);6-11,15-16,27-29,39H,5,12-14,17-19H2,1-4H3,(H,34,38);1H4;;;;;;;;;;;/t35-,46-,47+,48+,51+,52+,53-,54-;27-,28+,29+,31+,32+,33-;;;;;;;;;;;;/m00............/s1. The summed E-state index contributed by atoms with van der Waals surface area (Å²) in [5.74, 6) is 2.29. The van der Waals surface area contributed by atoms with Crippen LogP contribution in [0.25, 0.3) is 10.9 Å². The number of methoxy groups -OCH3 is 3. The van der Waals surface area contributed by atoms with Crippen LogP contribution in [0.4, 0.5) is 122 Å². The quantitative estimate of drug-likeness (QED) is 0.0245. The van der Waals surface area contributed by atoms with E-state index in [2.05, 4.69) is 122 Å². The number of carbonyl (C=O) groups is 5. The highest BCUT2D eigenvalue weighted by Gasteiger charge is 2.80. The third-order valence-corrected chi connectivity index (χ3v) is 27.5. The summed E-state index contributed by atoms with van der Waals surface area (Å²) < 4.78 is 240. The summed E-state index contributed by atoms with van der Waals surface area (Å²) in [5, 5.41) is 33.9. The third-order valence-electron chi connectivity index (χ3n) is 27.5. The lowest BCUT2D eigenvalue weighted by molar-refractivity contribution is -0.217. The molecule has 12 aliphatic rings. The lowest BCUT2D eigenvalue weighted by Gasteiger charge is -2.64. The number of nitrogens with zero attached hydrogens (tertiary/aromatic N) is 5. The van der Waals surface area contributed by atoms with E-state index in [9.17, 15) is 29.4 Å². The molecule has 2 saturated carbocycles. The van der Waals surface area contributed by atoms with E-state index in [0.29, 0.717) is 78.6 Å². The number of benzene rings is 5. The number of rotatable bonds is 17. The van der Waals surface area contributed by atoms with E-state index in [4.69, 9.17) is 153 Å². The second-order valence-corrected chi connectivity index (χ2v) is 32.8. The van der Waals surface area contributed by atoms with Gasteiger partial charge in [-0.3, -0.25) is 29.1 Å². The summed E-state index contributed by atoms with van der Waals surface area (Å²) in [6.45, 7) is 14.4. The molecule has 26 nitrogen and oxygen atoms in total. The van der Waals surface area contributed by atoms with Crippen LogP contribution in [0.1, 0.15) is 120 Å². The number of ether oxygens (including phenoxy) is 11. The normalized spacial score (nSPS) is 27.0. The van der Waals surface area contributed by atoms with Gasteiger partial charge in [-0.05, 0) is 134 Å². The molecule has 2 bridgehead atoms. The minimum atomic E-state index is -1.88. The molecule has 760 valence electrons. The van der Waals surface area contributed by atoms with Gasteiger partial charge in [-0.15, -0.1) is 0 Å². The molecule has 0 radical (unpaired) electrons. The fourth-order valence-electron chi connectivity index (χ4n) is 23.5. The Morgan fingerprint density at radius 1 is 0.537 bits per heavy atom. The van der Waals surface area contributed by atoms with Gasteiger partial charge in [-0.1, -0.05) is 101 Å². The van der Waals surface area contributed by atoms with Crippen molar-refractivity contribution < 1.29 is 187 Å². The number of nitrogens with one attached hydrogen (secondary N) is 3. The first-order valence-corrected chi connectivity index (χ1v) is 41.3. The number of fused-ring (bicyclic) bond motifs is 9. The number of H-pyrrole nitrogens is 1. The van der Waals surface area contributed by atoms with Gasteiger partial charge in [0.05, 0.1) is 46.5 Å². The number of likely N-dealkylation sites (N-methyl/N-ethyl adjacent to an activating group) is 2. The number of aromatic amines is 1. The molecular formula is C88H106F22N8O18. The van der Waals surface area contributed by atoms with Crippen molar-refractivity contribution >= 4 is 52.4 Å². The zero-order valence-corrected chi connectivity index (χ0v) is 74.2. The van der Waals surface area contributed by atoms with Crippen LogP contribution in [-0.2, 0) is 73.9 Å². The van der Waals surface area contributed by atoms with Crippen molar-refractivity contribution in [1.29, 1.82) is 0 Å². The van der Waals surface area contributed by atoms with Gasteiger partial charge in [0.1, 0.15) is 53.5 Å². The van der Waals surface area contributed by atoms with Crippen LogP contribution in [-0.4, -0.2) is 215 Å². The monoisotopic (exact) mass is 1980 g/mol. The van der Waals surface area contributed by atoms with Crippen molar-refractivity contribution in [2.24, 2.45) is 16.7 Å². The van der Waals surface area contributed by atoms with Crippen molar-refractivity contribution in [2.75, 3.05) is 118 Å². The summed E-state index contributed by atoms with van der Waals surface area (Å²) in [5.41, 5.74) is 2.38. The lowest BCUT2D eigenvalue weighted by atomic mass is 9.47. The SMILES string of the molecule is C.CCC1=C[C@@H]2CN(CCc3c([nH]c4ccccc34)[C@@](C(=O)OC)(c3cc4c(cc3OC)N(C)[C@H]3[C@@](O)(CNC(=O)OCc5ccc6c(c5)OCO6)[C@H](OC(C)=O)[C@]5(CC)C=CCN6CC[C@]43[C@@H]65)C2)C1.CC[C@]12C=CCN3CC[C@@]4(c5ccc(OC)cc5N(C)[C@H]4[C@@](O)(CNC(=O)OCc4ccc5c(c4)OCO5)[C@@H]1OC(C)=O)[C@@H]32.FF.FF.FF.FF.FF.FF.FF.FF.FF.FF.FF. The molecule has 1 aromatic heterocycles. The molecule has 5 aromatic carbocycles. The van der Waals surface area contributed by atoms with Crippen molar-refractivity contribution in [2.45, 2.75) is 164 Å². The Bertz CT molecular complexity index is 5000. The first kappa shape index (κ1) is 115. The number of hydrogen-bond donors (Lipinski definition) is 5. The number of hydrogen-bond acceptors (Lipinski definition) is 23. The molecule has 18 rings (SSSR count). The molecule has 10 aliphatic heterocycles. The Morgan fingerprint density at radius 3 is 1.45 bits per heavy atom. The molecule has 2 aliphatic carbocycles. The van der Waals surface area contributed by atoms with Gasteiger partial charge in [0, 0.05) is 241 Å².